The van der Waals surface area contributed by atoms with E-state index in [4.69, 9.17) is 0 Å². The van der Waals surface area contributed by atoms with Gasteiger partial charge in [-0.2, -0.15) is 0 Å². The average molecular weight is 478 g/mol. The van der Waals surface area contributed by atoms with Gasteiger partial charge < -0.3 is 21.3 Å². The summed E-state index contributed by atoms with van der Waals surface area (Å²) in [6.45, 7) is 6.36. The predicted molar refractivity (Wildman–Crippen MR) is 142 cm³/mol. The molecule has 0 bridgehead atoms. The lowest BCUT2D eigenvalue weighted by Gasteiger charge is -2.22. The molecule has 1 fully saturated rings. The molecule has 1 aromatic carbocycles. The maximum Gasteiger partial charge on any atom is 0.237 e. The predicted octanol–water partition coefficient (Wildman–Crippen LogP) is 3.49. The summed E-state index contributed by atoms with van der Waals surface area (Å²) in [6.07, 6.45) is 12.2. The van der Waals surface area contributed by atoms with Gasteiger partial charge in [0, 0.05) is 25.3 Å². The summed E-state index contributed by atoms with van der Waals surface area (Å²) in [7, 11) is 0. The van der Waals surface area contributed by atoms with Crippen molar-refractivity contribution >= 4 is 5.91 Å². The first kappa shape index (κ1) is 25.8. The summed E-state index contributed by atoms with van der Waals surface area (Å²) in [5.41, 5.74) is 5.03. The van der Waals surface area contributed by atoms with Crippen molar-refractivity contribution < 1.29 is 4.79 Å². The number of fused-ring (bicyclic) bond motifs is 1. The van der Waals surface area contributed by atoms with Crippen molar-refractivity contribution in [3.8, 4) is 0 Å². The third-order valence-corrected chi connectivity index (χ3v) is 7.46. The van der Waals surface area contributed by atoms with Crippen LogP contribution in [-0.2, 0) is 30.7 Å². The number of hydrogen-bond donors (Lipinski definition) is 4. The van der Waals surface area contributed by atoms with E-state index in [-0.39, 0.29) is 11.9 Å². The molecule has 0 spiro atoms. The van der Waals surface area contributed by atoms with Gasteiger partial charge in [0.1, 0.15) is 0 Å². The monoisotopic (exact) mass is 477 g/mol. The molecule has 1 saturated carbocycles. The summed E-state index contributed by atoms with van der Waals surface area (Å²) in [4.78, 5) is 16.8. The molecule has 4 rings (SSSR count). The molecule has 2 atom stereocenters. The summed E-state index contributed by atoms with van der Waals surface area (Å²) < 4.78 is 0. The van der Waals surface area contributed by atoms with Crippen LogP contribution in [0.25, 0.3) is 0 Å². The number of rotatable bonds is 13. The minimum Gasteiger partial charge on any atom is -0.351 e. The van der Waals surface area contributed by atoms with Crippen molar-refractivity contribution in [2.24, 2.45) is 5.92 Å². The SMILES string of the molecule is C[C@H](NCc1ccccn1)C(=O)NCc1ccc2c(c1)CC(CNCCCNC1CCCCC1)C2. The Hall–Kier alpha value is -2.28. The van der Waals surface area contributed by atoms with E-state index in [0.717, 1.165) is 44.2 Å². The highest BCUT2D eigenvalue weighted by Crippen LogP contribution is 2.27. The van der Waals surface area contributed by atoms with Crippen molar-refractivity contribution in [1.82, 2.24) is 26.3 Å². The van der Waals surface area contributed by atoms with Gasteiger partial charge in [0.15, 0.2) is 0 Å². The summed E-state index contributed by atoms with van der Waals surface area (Å²) in [6, 6.07) is 13.0. The van der Waals surface area contributed by atoms with Crippen LogP contribution in [0.1, 0.15) is 67.8 Å². The number of carbonyl (C=O) groups is 1. The molecular formula is C29H43N5O. The molecule has 0 radical (unpaired) electrons. The van der Waals surface area contributed by atoms with E-state index in [2.05, 4.69) is 44.5 Å². The largest absolute Gasteiger partial charge is 0.351 e. The highest BCUT2D eigenvalue weighted by atomic mass is 16.2. The molecule has 1 heterocycles. The van der Waals surface area contributed by atoms with Gasteiger partial charge >= 0.3 is 0 Å². The van der Waals surface area contributed by atoms with Crippen molar-refractivity contribution in [2.45, 2.75) is 83.5 Å². The second-order valence-electron chi connectivity index (χ2n) is 10.4. The van der Waals surface area contributed by atoms with Gasteiger partial charge in [-0.1, -0.05) is 43.5 Å². The Labute approximate surface area is 211 Å². The van der Waals surface area contributed by atoms with Crippen LogP contribution >= 0.6 is 0 Å². The van der Waals surface area contributed by atoms with E-state index < -0.39 is 0 Å². The van der Waals surface area contributed by atoms with Crippen LogP contribution in [0.15, 0.2) is 42.6 Å². The van der Waals surface area contributed by atoms with Gasteiger partial charge in [0.05, 0.1) is 11.7 Å². The van der Waals surface area contributed by atoms with Gasteiger partial charge in [-0.05, 0) is 93.4 Å². The highest BCUT2D eigenvalue weighted by Gasteiger charge is 2.21. The molecular weight excluding hydrogens is 434 g/mol. The average Bonchev–Trinajstić information content (AvgIpc) is 3.31. The molecule has 0 aliphatic heterocycles. The third kappa shape index (κ3) is 8.41. The fourth-order valence-electron chi connectivity index (χ4n) is 5.34. The number of nitrogens with one attached hydrogen (secondary N) is 4. The van der Waals surface area contributed by atoms with Crippen LogP contribution in [0.4, 0.5) is 0 Å². The Morgan fingerprint density at radius 3 is 2.71 bits per heavy atom. The lowest BCUT2D eigenvalue weighted by atomic mass is 9.95. The van der Waals surface area contributed by atoms with E-state index >= 15 is 0 Å². The molecule has 190 valence electrons. The summed E-state index contributed by atoms with van der Waals surface area (Å²) in [5, 5.41) is 13.7. The zero-order valence-electron chi connectivity index (χ0n) is 21.3. The lowest BCUT2D eigenvalue weighted by molar-refractivity contribution is -0.122. The standard InChI is InChI=1S/C29H43N5O/c1-22(33-21-28-10-5-6-14-32-28)29(35)34-20-23-11-12-25-17-24(18-26(25)16-23)19-30-13-7-15-31-27-8-3-2-4-9-27/h5-6,10-12,14,16,22,24,27,30-31,33H,2-4,7-9,13,15,17-21H2,1H3,(H,34,35)/t22-,24?/m0/s1. The number of amides is 1. The van der Waals surface area contributed by atoms with Gasteiger partial charge in [0.2, 0.25) is 5.91 Å². The van der Waals surface area contributed by atoms with Crippen LogP contribution in [0.2, 0.25) is 0 Å². The van der Waals surface area contributed by atoms with E-state index in [9.17, 15) is 4.79 Å². The van der Waals surface area contributed by atoms with Crippen LogP contribution in [0.3, 0.4) is 0 Å². The summed E-state index contributed by atoms with van der Waals surface area (Å²) in [5.74, 6) is 0.693. The Kier molecular flexibility index (Phi) is 10.1. The van der Waals surface area contributed by atoms with Crippen molar-refractivity contribution in [3.05, 3.63) is 65.0 Å². The minimum absolute atomic E-state index is 0.0153. The van der Waals surface area contributed by atoms with Gasteiger partial charge in [-0.25, -0.2) is 0 Å². The first-order valence-electron chi connectivity index (χ1n) is 13.6. The molecule has 2 aliphatic rings. The van der Waals surface area contributed by atoms with Crippen LogP contribution in [-0.4, -0.2) is 42.6 Å². The molecule has 2 aliphatic carbocycles. The van der Waals surface area contributed by atoms with Gasteiger partial charge in [-0.15, -0.1) is 0 Å². The van der Waals surface area contributed by atoms with Crippen molar-refractivity contribution in [2.75, 3.05) is 19.6 Å². The normalized spacial score (nSPS) is 18.8. The first-order chi connectivity index (χ1) is 17.2. The number of carbonyl (C=O) groups excluding carboxylic acids is 1. The van der Waals surface area contributed by atoms with Crippen molar-refractivity contribution in [1.29, 1.82) is 0 Å². The maximum absolute atomic E-state index is 12.5. The number of nitrogens with zero attached hydrogens (tertiary/aromatic N) is 1. The molecule has 6 heteroatoms. The zero-order valence-corrected chi connectivity index (χ0v) is 21.3. The smallest absolute Gasteiger partial charge is 0.237 e. The molecule has 1 aromatic heterocycles. The second-order valence-corrected chi connectivity index (χ2v) is 10.4. The third-order valence-electron chi connectivity index (χ3n) is 7.46. The lowest BCUT2D eigenvalue weighted by Crippen LogP contribution is -2.41. The van der Waals surface area contributed by atoms with Crippen molar-refractivity contribution in [3.63, 3.8) is 0 Å². The Morgan fingerprint density at radius 2 is 1.89 bits per heavy atom. The Bertz CT molecular complexity index is 913. The van der Waals surface area contributed by atoms with E-state index in [1.165, 1.54) is 55.2 Å². The zero-order chi connectivity index (χ0) is 24.3. The maximum atomic E-state index is 12.5. The minimum atomic E-state index is -0.264. The molecule has 4 N–H and O–H groups in total. The molecule has 1 amide bonds. The fraction of sp³-hybridized carbons (Fsp3) is 0.586. The molecule has 1 unspecified atom stereocenters. The molecule has 2 aromatic rings. The second kappa shape index (κ2) is 13.7. The molecule has 35 heavy (non-hydrogen) atoms. The number of hydrogen-bond acceptors (Lipinski definition) is 5. The first-order valence-corrected chi connectivity index (χ1v) is 13.6. The summed E-state index contributed by atoms with van der Waals surface area (Å²) >= 11 is 0. The van der Waals surface area contributed by atoms with Gasteiger partial charge in [0.25, 0.3) is 0 Å². The van der Waals surface area contributed by atoms with E-state index in [0.29, 0.717) is 19.0 Å². The Morgan fingerprint density at radius 1 is 1.03 bits per heavy atom. The number of benzene rings is 1. The van der Waals surface area contributed by atoms with Crippen LogP contribution in [0.5, 0.6) is 0 Å². The van der Waals surface area contributed by atoms with Crippen LogP contribution < -0.4 is 21.3 Å². The molecule has 0 saturated heterocycles. The number of aromatic nitrogens is 1. The van der Waals surface area contributed by atoms with E-state index in [1.54, 1.807) is 6.20 Å². The highest BCUT2D eigenvalue weighted by molar-refractivity contribution is 5.81. The van der Waals surface area contributed by atoms with Gasteiger partial charge in [-0.3, -0.25) is 9.78 Å². The van der Waals surface area contributed by atoms with E-state index in [1.807, 2.05) is 25.1 Å². The van der Waals surface area contributed by atoms with Crippen LogP contribution in [0, 0.1) is 5.92 Å². The number of pyridine rings is 1. The fourth-order valence-corrected chi connectivity index (χ4v) is 5.34. The quantitative estimate of drug-likeness (QED) is 0.332. The molecule has 6 nitrogen and oxygen atoms in total. The topological polar surface area (TPSA) is 78.1 Å². The Balaban J connectivity index is 1.10.